The summed E-state index contributed by atoms with van der Waals surface area (Å²) < 4.78 is 36.3. The second-order valence-electron chi connectivity index (χ2n) is 6.78. The molecule has 0 radical (unpaired) electrons. The number of nitrogens with zero attached hydrogens (tertiary/aromatic N) is 1. The van der Waals surface area contributed by atoms with Gasteiger partial charge >= 0.3 is 0 Å². The van der Waals surface area contributed by atoms with Crippen LogP contribution in [0.1, 0.15) is 25.5 Å². The Morgan fingerprint density at radius 2 is 2.04 bits per heavy atom. The van der Waals surface area contributed by atoms with Crippen LogP contribution in [0, 0.1) is 5.82 Å². The summed E-state index contributed by atoms with van der Waals surface area (Å²) in [5, 5.41) is 0.871. The lowest BCUT2D eigenvalue weighted by Crippen LogP contribution is -2.42. The molecule has 142 valence electrons. The third-order valence-corrected chi connectivity index (χ3v) is 7.36. The molecule has 0 bridgehead atoms. The number of carbonyl (C=O) groups is 1. The number of aromatic nitrogens is 1. The molecule has 0 spiro atoms. The third-order valence-electron chi connectivity index (χ3n) is 5.18. The molecule has 3 aromatic rings. The van der Waals surface area contributed by atoms with Gasteiger partial charge in [0.25, 0.3) is 0 Å². The van der Waals surface area contributed by atoms with Crippen LogP contribution >= 0.6 is 10.8 Å². The second kappa shape index (κ2) is 6.07. The third kappa shape index (κ3) is 2.64. The van der Waals surface area contributed by atoms with E-state index in [1.165, 1.54) is 16.4 Å². The molecule has 0 aliphatic carbocycles. The predicted molar refractivity (Wildman–Crippen MR) is 104 cm³/mol. The number of fused-ring (bicyclic) bond motifs is 2. The van der Waals surface area contributed by atoms with Crippen molar-refractivity contribution in [3.63, 3.8) is 0 Å². The fourth-order valence-electron chi connectivity index (χ4n) is 3.78. The number of rotatable bonds is 3. The first-order valence-electron chi connectivity index (χ1n) is 8.49. The Morgan fingerprint density at radius 1 is 1.30 bits per heavy atom. The van der Waals surface area contributed by atoms with Gasteiger partial charge in [0.05, 0.1) is 10.9 Å². The van der Waals surface area contributed by atoms with Crippen LogP contribution in [0.15, 0.2) is 47.5 Å². The monoisotopic (exact) mass is 389 g/mol. The van der Waals surface area contributed by atoms with Crippen molar-refractivity contribution < 1.29 is 18.3 Å². The van der Waals surface area contributed by atoms with E-state index < -0.39 is 28.8 Å². The first-order chi connectivity index (χ1) is 12.7. The molecule has 0 fully saturated rings. The highest BCUT2D eigenvalue weighted by Crippen LogP contribution is 2.64. The summed E-state index contributed by atoms with van der Waals surface area (Å²) in [5.74, 6) is -0.933. The van der Waals surface area contributed by atoms with Crippen molar-refractivity contribution in [3.05, 3.63) is 54.0 Å². The van der Waals surface area contributed by atoms with E-state index in [0.717, 1.165) is 22.1 Å². The first kappa shape index (κ1) is 18.0. The van der Waals surface area contributed by atoms with Crippen molar-refractivity contribution in [2.45, 2.75) is 30.8 Å². The van der Waals surface area contributed by atoms with Gasteiger partial charge in [-0.05, 0) is 55.3 Å². The van der Waals surface area contributed by atoms with Crippen LogP contribution in [-0.2, 0) is 4.79 Å². The minimum Gasteiger partial charge on any atom is -0.368 e. The van der Waals surface area contributed by atoms with Crippen LogP contribution in [0.3, 0.4) is 0 Å². The zero-order chi connectivity index (χ0) is 19.5. The van der Waals surface area contributed by atoms with Gasteiger partial charge in [0.1, 0.15) is 11.9 Å². The van der Waals surface area contributed by atoms with Crippen LogP contribution < -0.4 is 5.73 Å². The van der Waals surface area contributed by atoms with Gasteiger partial charge in [0.15, 0.2) is 0 Å². The van der Waals surface area contributed by atoms with E-state index in [0.29, 0.717) is 10.4 Å². The average Bonchev–Trinajstić information content (AvgIpc) is 3.11. The van der Waals surface area contributed by atoms with Crippen molar-refractivity contribution in [1.29, 1.82) is 0 Å². The zero-order valence-electron chi connectivity index (χ0n) is 14.8. The number of hydrogen-bond donors (Lipinski definition) is 4. The lowest BCUT2D eigenvalue weighted by molar-refractivity contribution is -0.121. The van der Waals surface area contributed by atoms with E-state index in [4.69, 9.17) is 5.73 Å². The van der Waals surface area contributed by atoms with Crippen LogP contribution in [0.2, 0.25) is 0 Å². The second-order valence-corrected chi connectivity index (χ2v) is 8.68. The van der Waals surface area contributed by atoms with Gasteiger partial charge in [-0.25, -0.2) is 4.39 Å². The fraction of sp³-hybridized carbons (Fsp3) is 0.211. The lowest BCUT2D eigenvalue weighted by Gasteiger charge is -2.41. The van der Waals surface area contributed by atoms with Crippen molar-refractivity contribution in [2.75, 3.05) is 0 Å². The van der Waals surface area contributed by atoms with Gasteiger partial charge < -0.3 is 10.7 Å². The number of nitrogens with one attached hydrogen (secondary N) is 1. The molecule has 8 heteroatoms. The number of H-pyrrole nitrogens is 1. The number of primary amides is 1. The highest BCUT2D eigenvalue weighted by Gasteiger charge is 2.44. The summed E-state index contributed by atoms with van der Waals surface area (Å²) in [7, 11) is -3.30. The Balaban J connectivity index is 1.83. The normalized spacial score (nSPS) is 21.1. The number of benzene rings is 2. The molecular weight excluding hydrogens is 369 g/mol. The van der Waals surface area contributed by atoms with Gasteiger partial charge in [-0.1, -0.05) is 6.07 Å². The number of aromatic amines is 1. The highest BCUT2D eigenvalue weighted by molar-refractivity contribution is 8.22. The maximum absolute atomic E-state index is 13.4. The van der Waals surface area contributed by atoms with Gasteiger partial charge in [-0.2, -0.15) is 4.31 Å². The van der Waals surface area contributed by atoms with Gasteiger partial charge in [0, 0.05) is 22.7 Å². The molecule has 1 aliphatic rings. The summed E-state index contributed by atoms with van der Waals surface area (Å²) in [6.07, 6.45) is 1.80. The minimum atomic E-state index is -3.30. The SMILES string of the molecule is CC(C(N)=O)N1C(C)c2cc(-c3c[nH]c4cc(F)ccc34)ccc2S1(O)O. The Bertz CT molecular complexity index is 1070. The van der Waals surface area contributed by atoms with Gasteiger partial charge in [0.2, 0.25) is 5.91 Å². The summed E-state index contributed by atoms with van der Waals surface area (Å²) in [4.78, 5) is 15.1. The molecule has 2 aromatic carbocycles. The molecule has 6 nitrogen and oxygen atoms in total. The highest BCUT2D eigenvalue weighted by atomic mass is 32.3. The van der Waals surface area contributed by atoms with Crippen molar-refractivity contribution in [2.24, 2.45) is 5.73 Å². The molecule has 5 N–H and O–H groups in total. The van der Waals surface area contributed by atoms with E-state index in [-0.39, 0.29) is 5.82 Å². The van der Waals surface area contributed by atoms with Gasteiger partial charge in [-0.15, -0.1) is 10.8 Å². The van der Waals surface area contributed by atoms with Gasteiger partial charge in [-0.3, -0.25) is 13.9 Å². The average molecular weight is 389 g/mol. The maximum atomic E-state index is 13.4. The van der Waals surface area contributed by atoms with Crippen molar-refractivity contribution in [3.8, 4) is 11.1 Å². The Kier molecular flexibility index (Phi) is 4.04. The molecule has 4 rings (SSSR count). The Labute approximate surface area is 157 Å². The predicted octanol–water partition coefficient (Wildman–Crippen LogP) is 4.25. The molecule has 1 aromatic heterocycles. The molecule has 1 aliphatic heterocycles. The molecule has 0 saturated carbocycles. The zero-order valence-corrected chi connectivity index (χ0v) is 15.6. The lowest BCUT2D eigenvalue weighted by atomic mass is 9.99. The van der Waals surface area contributed by atoms with E-state index in [1.807, 2.05) is 13.0 Å². The molecule has 2 heterocycles. The number of nitrogens with two attached hydrogens (primary N) is 1. The summed E-state index contributed by atoms with van der Waals surface area (Å²) in [5.41, 5.74) is 8.56. The fourth-order valence-corrected chi connectivity index (χ4v) is 5.90. The molecule has 2 atom stereocenters. The van der Waals surface area contributed by atoms with E-state index in [2.05, 4.69) is 4.98 Å². The molecular formula is C19H20FN3O3S. The first-order valence-corrected chi connectivity index (χ1v) is 9.99. The number of carbonyl (C=O) groups excluding carboxylic acids is 1. The van der Waals surface area contributed by atoms with Crippen LogP contribution in [-0.4, -0.2) is 30.3 Å². The van der Waals surface area contributed by atoms with Crippen LogP contribution in [0.5, 0.6) is 0 Å². The van der Waals surface area contributed by atoms with Crippen LogP contribution in [0.25, 0.3) is 22.0 Å². The number of halogens is 1. The topological polar surface area (TPSA) is 103 Å². The maximum Gasteiger partial charge on any atom is 0.236 e. The van der Waals surface area contributed by atoms with Crippen LogP contribution in [0.4, 0.5) is 4.39 Å². The summed E-state index contributed by atoms with van der Waals surface area (Å²) >= 11 is 0. The number of amides is 1. The van der Waals surface area contributed by atoms with E-state index in [1.54, 1.807) is 31.3 Å². The summed E-state index contributed by atoms with van der Waals surface area (Å²) in [6.45, 7) is 3.38. The summed E-state index contributed by atoms with van der Waals surface area (Å²) in [6, 6.07) is 8.68. The Morgan fingerprint density at radius 3 is 2.74 bits per heavy atom. The van der Waals surface area contributed by atoms with E-state index >= 15 is 0 Å². The molecule has 27 heavy (non-hydrogen) atoms. The largest absolute Gasteiger partial charge is 0.368 e. The minimum absolute atomic E-state index is 0.316. The number of hydrogen-bond acceptors (Lipinski definition) is 4. The standard InChI is InChI=1S/C19H20FN3O3S/c1-10-15-7-12(16-9-22-17-8-13(20)4-5-14(16)17)3-6-18(15)27(25,26)23(10)11(2)19(21)24/h3-11,22,25-26H,1-2H3,(H2,21,24). The quantitative estimate of drug-likeness (QED) is 0.538. The van der Waals surface area contributed by atoms with E-state index in [9.17, 15) is 18.3 Å². The van der Waals surface area contributed by atoms with Crippen molar-refractivity contribution in [1.82, 2.24) is 9.29 Å². The Hall–Kier alpha value is -2.39. The molecule has 1 amide bonds. The molecule has 2 unspecified atom stereocenters. The molecule has 0 saturated heterocycles. The smallest absolute Gasteiger partial charge is 0.236 e. The van der Waals surface area contributed by atoms with Crippen molar-refractivity contribution >= 4 is 27.6 Å².